The predicted octanol–water partition coefficient (Wildman–Crippen LogP) is 6.60. The van der Waals surface area contributed by atoms with E-state index in [-0.39, 0.29) is 11.5 Å². The molecular weight excluding hydrogens is 316 g/mol. The molecule has 0 aromatic heterocycles. The molecule has 0 N–H and O–H groups in total. The Morgan fingerprint density at radius 3 is 1.77 bits per heavy atom. The molecule has 0 aliphatic heterocycles. The Kier molecular flexibility index (Phi) is 4.20. The monoisotopic (exact) mass is 340 g/mol. The molecule has 4 rings (SSSR count). The third-order valence-corrected chi connectivity index (χ3v) is 4.81. The van der Waals surface area contributed by atoms with E-state index < -0.39 is 0 Å². The highest BCUT2D eigenvalue weighted by atomic mass is 15.1. The molecule has 0 saturated heterocycles. The Balaban J connectivity index is 1.80. The Morgan fingerprint density at radius 2 is 1.19 bits per heavy atom. The molecule has 0 saturated carbocycles. The molecule has 2 nitrogen and oxygen atoms in total. The van der Waals surface area contributed by atoms with Crippen LogP contribution in [0.1, 0.15) is 48.9 Å². The minimum atomic E-state index is -0.137. The molecule has 0 heterocycles. The fourth-order valence-corrected chi connectivity index (χ4v) is 3.77. The van der Waals surface area contributed by atoms with E-state index in [0.717, 1.165) is 0 Å². The lowest BCUT2D eigenvalue weighted by Crippen LogP contribution is -2.08. The van der Waals surface area contributed by atoms with E-state index in [0.29, 0.717) is 6.54 Å². The van der Waals surface area contributed by atoms with Crippen LogP contribution >= 0.6 is 0 Å². The molecule has 1 aliphatic carbocycles. The van der Waals surface area contributed by atoms with Gasteiger partial charge in [0.15, 0.2) is 0 Å². The lowest BCUT2D eigenvalue weighted by Gasteiger charge is -2.18. The molecule has 0 atom stereocenters. The van der Waals surface area contributed by atoms with Gasteiger partial charge in [-0.25, -0.2) is 0 Å². The van der Waals surface area contributed by atoms with Crippen LogP contribution in [0.25, 0.3) is 11.1 Å². The van der Waals surface area contributed by atoms with Gasteiger partial charge in [-0.05, 0) is 54.2 Å². The number of nitrogens with zero attached hydrogens (tertiary/aromatic N) is 2. The molecule has 3 aromatic carbocycles. The van der Waals surface area contributed by atoms with Crippen molar-refractivity contribution in [1.82, 2.24) is 0 Å². The maximum Gasteiger partial charge on any atom is 0.0852 e. The fourth-order valence-electron chi connectivity index (χ4n) is 3.77. The SMILES string of the molecule is CC(C)(C)N=NCc1ccccc1C1c2ccccc2-c2ccccc21. The van der Waals surface area contributed by atoms with Crippen molar-refractivity contribution in [3.8, 4) is 11.1 Å². The standard InChI is InChI=1S/C24H24N2/c1-24(2,3)26-25-16-17-10-4-5-11-18(17)23-21-14-8-6-12-19(21)20-13-7-9-15-22(20)23/h4-15,23H,16H2,1-3H3. The molecule has 3 aromatic rings. The second-order valence-corrected chi connectivity index (χ2v) is 7.88. The first-order valence-corrected chi connectivity index (χ1v) is 9.19. The third-order valence-electron chi connectivity index (χ3n) is 4.81. The second kappa shape index (κ2) is 6.53. The minimum Gasteiger partial charge on any atom is -0.189 e. The van der Waals surface area contributed by atoms with E-state index in [1.807, 2.05) is 0 Å². The van der Waals surface area contributed by atoms with E-state index in [9.17, 15) is 0 Å². The van der Waals surface area contributed by atoms with Gasteiger partial charge in [0.05, 0.1) is 12.1 Å². The molecule has 0 radical (unpaired) electrons. The van der Waals surface area contributed by atoms with Gasteiger partial charge in [0.1, 0.15) is 0 Å². The van der Waals surface area contributed by atoms with E-state index in [1.54, 1.807) is 0 Å². The summed E-state index contributed by atoms with van der Waals surface area (Å²) in [4.78, 5) is 0. The predicted molar refractivity (Wildman–Crippen MR) is 108 cm³/mol. The topological polar surface area (TPSA) is 24.7 Å². The first kappa shape index (κ1) is 16.7. The zero-order valence-electron chi connectivity index (χ0n) is 15.6. The molecule has 1 aliphatic rings. The van der Waals surface area contributed by atoms with Crippen molar-refractivity contribution < 1.29 is 0 Å². The summed E-state index contributed by atoms with van der Waals surface area (Å²) in [6, 6.07) is 26.2. The Bertz CT molecular complexity index is 918. The van der Waals surface area contributed by atoms with Gasteiger partial charge < -0.3 is 0 Å². The van der Waals surface area contributed by atoms with Gasteiger partial charge in [-0.3, -0.25) is 0 Å². The summed E-state index contributed by atoms with van der Waals surface area (Å²) in [7, 11) is 0. The summed E-state index contributed by atoms with van der Waals surface area (Å²) >= 11 is 0. The smallest absolute Gasteiger partial charge is 0.0852 e. The fraction of sp³-hybridized carbons (Fsp3) is 0.250. The Labute approximate surface area is 155 Å². The number of rotatable bonds is 3. The first-order valence-electron chi connectivity index (χ1n) is 9.19. The number of benzene rings is 3. The van der Waals surface area contributed by atoms with Crippen LogP contribution < -0.4 is 0 Å². The van der Waals surface area contributed by atoms with Crippen LogP contribution in [-0.2, 0) is 6.54 Å². The van der Waals surface area contributed by atoms with Crippen molar-refractivity contribution in [2.24, 2.45) is 10.2 Å². The van der Waals surface area contributed by atoms with Crippen LogP contribution in [0.15, 0.2) is 83.0 Å². The van der Waals surface area contributed by atoms with Crippen LogP contribution in [0.4, 0.5) is 0 Å². The molecule has 2 heteroatoms. The highest BCUT2D eigenvalue weighted by Crippen LogP contribution is 2.48. The summed E-state index contributed by atoms with van der Waals surface area (Å²) in [6.07, 6.45) is 0. The zero-order chi connectivity index (χ0) is 18.1. The van der Waals surface area contributed by atoms with Crippen molar-refractivity contribution in [3.05, 3.63) is 95.1 Å². The summed E-state index contributed by atoms with van der Waals surface area (Å²) in [5.74, 6) is 0.267. The molecular formula is C24H24N2. The summed E-state index contributed by atoms with van der Waals surface area (Å²) in [6.45, 7) is 6.85. The van der Waals surface area contributed by atoms with Crippen LogP contribution in [-0.4, -0.2) is 5.54 Å². The molecule has 0 spiro atoms. The van der Waals surface area contributed by atoms with E-state index in [1.165, 1.54) is 33.4 Å². The van der Waals surface area contributed by atoms with Gasteiger partial charge >= 0.3 is 0 Å². The highest BCUT2D eigenvalue weighted by Gasteiger charge is 2.30. The molecule has 0 fully saturated rings. The summed E-state index contributed by atoms with van der Waals surface area (Å²) in [5.41, 5.74) is 7.90. The number of fused-ring (bicyclic) bond motifs is 3. The van der Waals surface area contributed by atoms with Gasteiger partial charge in [0.2, 0.25) is 0 Å². The van der Waals surface area contributed by atoms with Gasteiger partial charge in [-0.15, -0.1) is 0 Å². The molecule has 26 heavy (non-hydrogen) atoms. The number of hydrogen-bond acceptors (Lipinski definition) is 2. The van der Waals surface area contributed by atoms with Gasteiger partial charge in [0, 0.05) is 5.92 Å². The Morgan fingerprint density at radius 1 is 0.692 bits per heavy atom. The van der Waals surface area contributed by atoms with E-state index in [4.69, 9.17) is 0 Å². The second-order valence-electron chi connectivity index (χ2n) is 7.88. The van der Waals surface area contributed by atoms with Crippen LogP contribution in [0.5, 0.6) is 0 Å². The maximum absolute atomic E-state index is 4.48. The van der Waals surface area contributed by atoms with Gasteiger partial charge in [-0.1, -0.05) is 72.8 Å². The van der Waals surface area contributed by atoms with Crippen LogP contribution in [0.2, 0.25) is 0 Å². The first-order chi connectivity index (χ1) is 12.5. The van der Waals surface area contributed by atoms with Crippen LogP contribution in [0.3, 0.4) is 0 Å². The summed E-state index contributed by atoms with van der Waals surface area (Å²) < 4.78 is 0. The summed E-state index contributed by atoms with van der Waals surface area (Å²) in [5, 5.41) is 8.92. The maximum atomic E-state index is 4.48. The van der Waals surface area contributed by atoms with Gasteiger partial charge in [-0.2, -0.15) is 10.2 Å². The Hall–Kier alpha value is -2.74. The largest absolute Gasteiger partial charge is 0.189 e. The molecule has 130 valence electrons. The lowest BCUT2D eigenvalue weighted by molar-refractivity contribution is 0.537. The van der Waals surface area contributed by atoms with Crippen molar-refractivity contribution >= 4 is 0 Å². The molecule has 0 amide bonds. The highest BCUT2D eigenvalue weighted by molar-refractivity contribution is 5.80. The average molecular weight is 340 g/mol. The van der Waals surface area contributed by atoms with Crippen molar-refractivity contribution in [2.45, 2.75) is 38.8 Å². The van der Waals surface area contributed by atoms with E-state index in [2.05, 4.69) is 104 Å². The molecule has 0 unspecified atom stereocenters. The van der Waals surface area contributed by atoms with Crippen LogP contribution in [0, 0.1) is 0 Å². The zero-order valence-corrected chi connectivity index (χ0v) is 15.6. The van der Waals surface area contributed by atoms with Crippen molar-refractivity contribution in [2.75, 3.05) is 0 Å². The number of hydrogen-bond donors (Lipinski definition) is 0. The molecule has 0 bridgehead atoms. The van der Waals surface area contributed by atoms with Crippen molar-refractivity contribution in [1.29, 1.82) is 0 Å². The normalized spacial score (nSPS) is 13.8. The third kappa shape index (κ3) is 3.08. The minimum absolute atomic E-state index is 0.137. The van der Waals surface area contributed by atoms with Crippen molar-refractivity contribution in [3.63, 3.8) is 0 Å². The lowest BCUT2D eigenvalue weighted by atomic mass is 9.86. The quantitative estimate of drug-likeness (QED) is 0.375. The van der Waals surface area contributed by atoms with Gasteiger partial charge in [0.25, 0.3) is 0 Å². The average Bonchev–Trinajstić information content (AvgIpc) is 2.96. The number of azo groups is 1. The van der Waals surface area contributed by atoms with E-state index >= 15 is 0 Å².